The summed E-state index contributed by atoms with van der Waals surface area (Å²) in [6.45, 7) is 2.78. The lowest BCUT2D eigenvalue weighted by Gasteiger charge is -2.29. The van der Waals surface area contributed by atoms with Gasteiger partial charge in [0.05, 0.1) is 0 Å². The molecule has 0 spiro atoms. The molecule has 3 rings (SSSR count). The second-order valence-electron chi connectivity index (χ2n) is 4.41. The number of thiophene rings is 1. The van der Waals surface area contributed by atoms with Crippen LogP contribution in [0.5, 0.6) is 0 Å². The van der Waals surface area contributed by atoms with E-state index in [1.165, 1.54) is 23.2 Å². The van der Waals surface area contributed by atoms with Crippen LogP contribution in [-0.4, -0.2) is 6.54 Å². The van der Waals surface area contributed by atoms with E-state index in [2.05, 4.69) is 40.6 Å². The van der Waals surface area contributed by atoms with Crippen molar-refractivity contribution in [2.45, 2.75) is 19.5 Å². The van der Waals surface area contributed by atoms with Gasteiger partial charge in [-0.2, -0.15) is 0 Å². The summed E-state index contributed by atoms with van der Waals surface area (Å²) in [6.07, 6.45) is 1.17. The Kier molecular flexibility index (Phi) is 2.87. The Morgan fingerprint density at radius 2 is 2.00 bits per heavy atom. The Labute approximate surface area is 106 Å². The minimum Gasteiger partial charge on any atom is -0.367 e. The summed E-state index contributed by atoms with van der Waals surface area (Å²) in [5.74, 6) is 0. The lowest BCUT2D eigenvalue weighted by atomic mass is 10.1. The van der Waals surface area contributed by atoms with E-state index >= 15 is 0 Å². The molecular formula is C14H16N2S. The van der Waals surface area contributed by atoms with Crippen molar-refractivity contribution in [3.63, 3.8) is 0 Å². The van der Waals surface area contributed by atoms with Gasteiger partial charge in [0.15, 0.2) is 0 Å². The topological polar surface area (TPSA) is 29.3 Å². The highest BCUT2D eigenvalue weighted by atomic mass is 32.1. The standard InChI is InChI=1S/C14H16N2S/c15-9-11-1-3-13(4-2-11)16-7-5-14-12(10-16)6-8-17-14/h1-4,6,8H,5,7,9-10,15H2. The normalized spacial score (nSPS) is 14.8. The summed E-state index contributed by atoms with van der Waals surface area (Å²) >= 11 is 1.89. The second-order valence-corrected chi connectivity index (χ2v) is 5.41. The zero-order valence-corrected chi connectivity index (χ0v) is 10.5. The first-order valence-electron chi connectivity index (χ1n) is 5.96. The number of benzene rings is 1. The average Bonchev–Trinajstić information content (AvgIpc) is 2.86. The molecule has 2 nitrogen and oxygen atoms in total. The van der Waals surface area contributed by atoms with Crippen LogP contribution in [0.2, 0.25) is 0 Å². The first-order valence-corrected chi connectivity index (χ1v) is 6.84. The molecule has 2 aromatic rings. The monoisotopic (exact) mass is 244 g/mol. The summed E-state index contributed by atoms with van der Waals surface area (Å²) in [5.41, 5.74) is 9.61. The number of anilines is 1. The third-order valence-electron chi connectivity index (χ3n) is 3.34. The van der Waals surface area contributed by atoms with E-state index in [0.717, 1.165) is 13.1 Å². The molecule has 17 heavy (non-hydrogen) atoms. The molecular weight excluding hydrogens is 228 g/mol. The highest BCUT2D eigenvalue weighted by Gasteiger charge is 2.17. The smallest absolute Gasteiger partial charge is 0.0440 e. The predicted molar refractivity (Wildman–Crippen MR) is 73.4 cm³/mol. The van der Waals surface area contributed by atoms with Crippen molar-refractivity contribution in [2.75, 3.05) is 11.4 Å². The van der Waals surface area contributed by atoms with Crippen LogP contribution in [-0.2, 0) is 19.5 Å². The summed E-state index contributed by atoms with van der Waals surface area (Å²) in [7, 11) is 0. The zero-order chi connectivity index (χ0) is 11.7. The van der Waals surface area contributed by atoms with Crippen molar-refractivity contribution in [1.82, 2.24) is 0 Å². The first-order chi connectivity index (χ1) is 8.36. The Morgan fingerprint density at radius 3 is 2.76 bits per heavy atom. The molecule has 0 fully saturated rings. The lowest BCUT2D eigenvalue weighted by Crippen LogP contribution is -2.29. The molecule has 0 bridgehead atoms. The molecule has 2 heterocycles. The van der Waals surface area contributed by atoms with Crippen LogP contribution < -0.4 is 10.6 Å². The summed E-state index contributed by atoms with van der Waals surface area (Å²) in [4.78, 5) is 4.00. The third-order valence-corrected chi connectivity index (χ3v) is 4.37. The zero-order valence-electron chi connectivity index (χ0n) is 9.73. The van der Waals surface area contributed by atoms with Gasteiger partial charge < -0.3 is 10.6 Å². The van der Waals surface area contributed by atoms with Crippen molar-refractivity contribution < 1.29 is 0 Å². The SMILES string of the molecule is NCc1ccc(N2CCc3sccc3C2)cc1. The second kappa shape index (κ2) is 4.51. The summed E-state index contributed by atoms with van der Waals surface area (Å²) < 4.78 is 0. The predicted octanol–water partition coefficient (Wildman–Crippen LogP) is 2.77. The first kappa shape index (κ1) is 10.8. The molecule has 0 amide bonds. The fourth-order valence-corrected chi connectivity index (χ4v) is 3.20. The van der Waals surface area contributed by atoms with Crippen LogP contribution in [0.4, 0.5) is 5.69 Å². The maximum atomic E-state index is 5.62. The van der Waals surface area contributed by atoms with Crippen LogP contribution in [0.1, 0.15) is 16.0 Å². The van der Waals surface area contributed by atoms with Gasteiger partial charge in [0.2, 0.25) is 0 Å². The van der Waals surface area contributed by atoms with Gasteiger partial charge in [-0.3, -0.25) is 0 Å². The number of nitrogens with two attached hydrogens (primary N) is 1. The maximum Gasteiger partial charge on any atom is 0.0440 e. The Morgan fingerprint density at radius 1 is 1.18 bits per heavy atom. The number of hydrogen-bond donors (Lipinski definition) is 1. The fourth-order valence-electron chi connectivity index (χ4n) is 2.31. The van der Waals surface area contributed by atoms with Gasteiger partial charge in [0.25, 0.3) is 0 Å². The molecule has 0 aliphatic carbocycles. The van der Waals surface area contributed by atoms with E-state index in [1.54, 1.807) is 4.88 Å². The molecule has 0 saturated carbocycles. The van der Waals surface area contributed by atoms with E-state index in [9.17, 15) is 0 Å². The molecule has 0 atom stereocenters. The van der Waals surface area contributed by atoms with Crippen molar-refractivity contribution >= 4 is 17.0 Å². The number of fused-ring (bicyclic) bond motifs is 1. The van der Waals surface area contributed by atoms with Gasteiger partial charge in [-0.05, 0) is 41.1 Å². The highest BCUT2D eigenvalue weighted by molar-refractivity contribution is 7.10. The van der Waals surface area contributed by atoms with E-state index in [4.69, 9.17) is 5.73 Å². The molecule has 0 radical (unpaired) electrons. The van der Waals surface area contributed by atoms with Crippen molar-refractivity contribution in [1.29, 1.82) is 0 Å². The summed E-state index contributed by atoms with van der Waals surface area (Å²) in [6, 6.07) is 10.9. The Bertz CT molecular complexity index is 501. The van der Waals surface area contributed by atoms with Gasteiger partial charge >= 0.3 is 0 Å². The number of rotatable bonds is 2. The highest BCUT2D eigenvalue weighted by Crippen LogP contribution is 2.27. The van der Waals surface area contributed by atoms with Crippen LogP contribution in [0.25, 0.3) is 0 Å². The molecule has 0 saturated heterocycles. The minimum absolute atomic E-state index is 0.620. The van der Waals surface area contributed by atoms with Gasteiger partial charge in [0, 0.05) is 30.2 Å². The van der Waals surface area contributed by atoms with E-state index in [-0.39, 0.29) is 0 Å². The van der Waals surface area contributed by atoms with E-state index < -0.39 is 0 Å². The summed E-state index contributed by atoms with van der Waals surface area (Å²) in [5, 5.41) is 2.20. The van der Waals surface area contributed by atoms with Gasteiger partial charge in [-0.15, -0.1) is 11.3 Å². The molecule has 3 heteroatoms. The fraction of sp³-hybridized carbons (Fsp3) is 0.286. The van der Waals surface area contributed by atoms with Crippen molar-refractivity contribution in [3.05, 3.63) is 51.7 Å². The molecule has 2 N–H and O–H groups in total. The van der Waals surface area contributed by atoms with E-state index in [1.807, 2.05) is 11.3 Å². The molecule has 0 unspecified atom stereocenters. The van der Waals surface area contributed by atoms with Crippen LogP contribution >= 0.6 is 11.3 Å². The Hall–Kier alpha value is -1.32. The maximum absolute atomic E-state index is 5.62. The number of hydrogen-bond acceptors (Lipinski definition) is 3. The third kappa shape index (κ3) is 2.08. The van der Waals surface area contributed by atoms with Crippen molar-refractivity contribution in [3.8, 4) is 0 Å². The molecule has 1 aromatic carbocycles. The van der Waals surface area contributed by atoms with Gasteiger partial charge in [-0.1, -0.05) is 12.1 Å². The van der Waals surface area contributed by atoms with Crippen LogP contribution in [0.15, 0.2) is 35.7 Å². The molecule has 1 aliphatic rings. The lowest BCUT2D eigenvalue weighted by molar-refractivity contribution is 0.743. The molecule has 1 aromatic heterocycles. The van der Waals surface area contributed by atoms with Crippen molar-refractivity contribution in [2.24, 2.45) is 5.73 Å². The largest absolute Gasteiger partial charge is 0.367 e. The van der Waals surface area contributed by atoms with Gasteiger partial charge in [-0.25, -0.2) is 0 Å². The van der Waals surface area contributed by atoms with Crippen LogP contribution in [0, 0.1) is 0 Å². The minimum atomic E-state index is 0.620. The quantitative estimate of drug-likeness (QED) is 0.880. The van der Waals surface area contributed by atoms with E-state index in [0.29, 0.717) is 6.54 Å². The Balaban J connectivity index is 1.81. The van der Waals surface area contributed by atoms with Gasteiger partial charge in [0.1, 0.15) is 0 Å². The average molecular weight is 244 g/mol. The molecule has 88 valence electrons. The van der Waals surface area contributed by atoms with Crippen LogP contribution in [0.3, 0.4) is 0 Å². The number of nitrogens with zero attached hydrogens (tertiary/aromatic N) is 1. The molecule has 1 aliphatic heterocycles.